The second kappa shape index (κ2) is 7.01. The number of benzene rings is 1. The summed E-state index contributed by atoms with van der Waals surface area (Å²) < 4.78 is 5.43. The highest BCUT2D eigenvalue weighted by Crippen LogP contribution is 2.25. The largest absolute Gasteiger partial charge is 0.492 e. The van der Waals surface area contributed by atoms with Gasteiger partial charge in [-0.2, -0.15) is 0 Å². The standard InChI is InChI=1S/C14H21NO3/c1-4-18-13-8-6-5-7-12(13)15-14(17)11(9-16)10(2)3/h5-8,10-11,16H,4,9H2,1-3H3,(H,15,17). The Morgan fingerprint density at radius 2 is 2.06 bits per heavy atom. The van der Waals surface area contributed by atoms with Crippen LogP contribution >= 0.6 is 0 Å². The Morgan fingerprint density at radius 1 is 1.39 bits per heavy atom. The molecule has 0 saturated carbocycles. The number of rotatable bonds is 6. The Morgan fingerprint density at radius 3 is 2.61 bits per heavy atom. The van der Waals surface area contributed by atoms with E-state index in [2.05, 4.69) is 5.32 Å². The van der Waals surface area contributed by atoms with Crippen molar-refractivity contribution in [3.63, 3.8) is 0 Å². The van der Waals surface area contributed by atoms with Crippen molar-refractivity contribution in [2.45, 2.75) is 20.8 Å². The molecule has 1 amide bonds. The summed E-state index contributed by atoms with van der Waals surface area (Å²) in [5.41, 5.74) is 0.642. The first-order valence-electron chi connectivity index (χ1n) is 6.23. The molecule has 0 spiro atoms. The van der Waals surface area contributed by atoms with Crippen molar-refractivity contribution in [2.24, 2.45) is 11.8 Å². The number of aliphatic hydroxyl groups is 1. The van der Waals surface area contributed by atoms with Gasteiger partial charge in [0.25, 0.3) is 0 Å². The van der Waals surface area contributed by atoms with Crippen LogP contribution in [0.2, 0.25) is 0 Å². The highest BCUT2D eigenvalue weighted by atomic mass is 16.5. The zero-order valence-corrected chi connectivity index (χ0v) is 11.1. The SMILES string of the molecule is CCOc1ccccc1NC(=O)C(CO)C(C)C. The van der Waals surface area contributed by atoms with Crippen LogP contribution in [0.3, 0.4) is 0 Å². The first-order valence-corrected chi connectivity index (χ1v) is 6.23. The Bertz CT molecular complexity index is 390. The number of carbonyl (C=O) groups excluding carboxylic acids is 1. The normalized spacial score (nSPS) is 12.3. The molecule has 0 aromatic heterocycles. The van der Waals surface area contributed by atoms with E-state index in [1.54, 1.807) is 6.07 Å². The smallest absolute Gasteiger partial charge is 0.230 e. The van der Waals surface area contributed by atoms with Gasteiger partial charge in [0, 0.05) is 0 Å². The minimum Gasteiger partial charge on any atom is -0.492 e. The molecule has 0 aliphatic heterocycles. The molecule has 18 heavy (non-hydrogen) atoms. The maximum atomic E-state index is 12.0. The van der Waals surface area contributed by atoms with Gasteiger partial charge in [0.05, 0.1) is 24.8 Å². The van der Waals surface area contributed by atoms with Crippen LogP contribution in [0, 0.1) is 11.8 Å². The molecular formula is C14H21NO3. The topological polar surface area (TPSA) is 58.6 Å². The average Bonchev–Trinajstić information content (AvgIpc) is 2.32. The minimum absolute atomic E-state index is 0.0919. The molecule has 4 nitrogen and oxygen atoms in total. The van der Waals surface area contributed by atoms with E-state index >= 15 is 0 Å². The first kappa shape index (κ1) is 14.5. The summed E-state index contributed by atoms with van der Waals surface area (Å²) in [5.74, 6) is 0.155. The van der Waals surface area contributed by atoms with Crippen molar-refractivity contribution in [1.82, 2.24) is 0 Å². The van der Waals surface area contributed by atoms with Gasteiger partial charge in [-0.25, -0.2) is 0 Å². The van der Waals surface area contributed by atoms with Crippen LogP contribution in [0.25, 0.3) is 0 Å². The number of aliphatic hydroxyl groups excluding tert-OH is 1. The molecule has 1 aromatic rings. The molecule has 0 radical (unpaired) electrons. The summed E-state index contributed by atoms with van der Waals surface area (Å²) in [4.78, 5) is 12.0. The summed E-state index contributed by atoms with van der Waals surface area (Å²) in [7, 11) is 0. The molecule has 0 fully saturated rings. The second-order valence-electron chi connectivity index (χ2n) is 4.45. The van der Waals surface area contributed by atoms with Crippen LogP contribution in [0.1, 0.15) is 20.8 Å². The van der Waals surface area contributed by atoms with E-state index in [1.807, 2.05) is 39.0 Å². The molecule has 1 unspecified atom stereocenters. The van der Waals surface area contributed by atoms with Crippen LogP contribution in [-0.4, -0.2) is 24.2 Å². The summed E-state index contributed by atoms with van der Waals surface area (Å²) in [6.07, 6.45) is 0. The third-order valence-corrected chi connectivity index (χ3v) is 2.78. The van der Waals surface area contributed by atoms with Crippen LogP contribution in [0.5, 0.6) is 5.75 Å². The van der Waals surface area contributed by atoms with E-state index in [-0.39, 0.29) is 18.4 Å². The van der Waals surface area contributed by atoms with E-state index in [0.717, 1.165) is 0 Å². The molecule has 0 saturated heterocycles. The number of hydrogen-bond acceptors (Lipinski definition) is 3. The molecule has 0 heterocycles. The third kappa shape index (κ3) is 3.74. The molecule has 0 bridgehead atoms. The lowest BCUT2D eigenvalue weighted by molar-refractivity contribution is -0.122. The zero-order chi connectivity index (χ0) is 13.5. The van der Waals surface area contributed by atoms with Crippen LogP contribution in [0.15, 0.2) is 24.3 Å². The van der Waals surface area contributed by atoms with E-state index in [9.17, 15) is 9.90 Å². The maximum absolute atomic E-state index is 12.0. The van der Waals surface area contributed by atoms with Crippen molar-refractivity contribution >= 4 is 11.6 Å². The Kier molecular flexibility index (Phi) is 5.65. The molecule has 100 valence electrons. The van der Waals surface area contributed by atoms with E-state index < -0.39 is 5.92 Å². The lowest BCUT2D eigenvalue weighted by atomic mass is 9.96. The summed E-state index contributed by atoms with van der Waals surface area (Å²) in [5, 5.41) is 12.0. The van der Waals surface area contributed by atoms with E-state index in [4.69, 9.17) is 4.74 Å². The number of carbonyl (C=O) groups is 1. The fourth-order valence-corrected chi connectivity index (χ4v) is 1.67. The predicted molar refractivity (Wildman–Crippen MR) is 71.7 cm³/mol. The Labute approximate surface area is 108 Å². The van der Waals surface area contributed by atoms with E-state index in [1.165, 1.54) is 0 Å². The number of amides is 1. The number of para-hydroxylation sites is 2. The monoisotopic (exact) mass is 251 g/mol. The zero-order valence-electron chi connectivity index (χ0n) is 11.1. The average molecular weight is 251 g/mol. The predicted octanol–water partition coefficient (Wildman–Crippen LogP) is 2.29. The van der Waals surface area contributed by atoms with E-state index in [0.29, 0.717) is 18.0 Å². The van der Waals surface area contributed by atoms with Crippen molar-refractivity contribution in [2.75, 3.05) is 18.5 Å². The quantitative estimate of drug-likeness (QED) is 0.815. The minimum atomic E-state index is -0.403. The van der Waals surface area contributed by atoms with Gasteiger partial charge >= 0.3 is 0 Å². The van der Waals surface area contributed by atoms with Gasteiger partial charge in [-0.1, -0.05) is 26.0 Å². The fourth-order valence-electron chi connectivity index (χ4n) is 1.67. The van der Waals surface area contributed by atoms with Crippen molar-refractivity contribution in [3.8, 4) is 5.75 Å². The molecule has 1 atom stereocenters. The van der Waals surface area contributed by atoms with Gasteiger partial charge in [-0.3, -0.25) is 4.79 Å². The lowest BCUT2D eigenvalue weighted by Crippen LogP contribution is -2.29. The van der Waals surface area contributed by atoms with Gasteiger partial charge in [-0.05, 0) is 25.0 Å². The lowest BCUT2D eigenvalue weighted by Gasteiger charge is -2.19. The maximum Gasteiger partial charge on any atom is 0.230 e. The summed E-state index contributed by atoms with van der Waals surface area (Å²) >= 11 is 0. The highest BCUT2D eigenvalue weighted by molar-refractivity contribution is 5.94. The van der Waals surface area contributed by atoms with Crippen LogP contribution < -0.4 is 10.1 Å². The third-order valence-electron chi connectivity index (χ3n) is 2.78. The van der Waals surface area contributed by atoms with Gasteiger partial charge < -0.3 is 15.2 Å². The number of anilines is 1. The molecule has 2 N–H and O–H groups in total. The van der Waals surface area contributed by atoms with Crippen molar-refractivity contribution in [1.29, 1.82) is 0 Å². The highest BCUT2D eigenvalue weighted by Gasteiger charge is 2.22. The van der Waals surface area contributed by atoms with Crippen LogP contribution in [-0.2, 0) is 4.79 Å². The van der Waals surface area contributed by atoms with Gasteiger partial charge in [-0.15, -0.1) is 0 Å². The van der Waals surface area contributed by atoms with Gasteiger partial charge in [0.1, 0.15) is 5.75 Å². The molecule has 1 aromatic carbocycles. The number of nitrogens with one attached hydrogen (secondary N) is 1. The van der Waals surface area contributed by atoms with Crippen LogP contribution in [0.4, 0.5) is 5.69 Å². The second-order valence-corrected chi connectivity index (χ2v) is 4.45. The summed E-state index contributed by atoms with van der Waals surface area (Å²) in [6.45, 7) is 6.11. The molecule has 1 rings (SSSR count). The van der Waals surface area contributed by atoms with Crippen molar-refractivity contribution in [3.05, 3.63) is 24.3 Å². The molecule has 0 aliphatic carbocycles. The first-order chi connectivity index (χ1) is 8.60. The molecule has 0 aliphatic rings. The van der Waals surface area contributed by atoms with Gasteiger partial charge in [0.15, 0.2) is 0 Å². The molecule has 4 heteroatoms. The van der Waals surface area contributed by atoms with Gasteiger partial charge in [0.2, 0.25) is 5.91 Å². The Hall–Kier alpha value is -1.55. The number of hydrogen-bond donors (Lipinski definition) is 2. The number of ether oxygens (including phenoxy) is 1. The molecular weight excluding hydrogens is 230 g/mol. The summed E-state index contributed by atoms with van der Waals surface area (Å²) in [6, 6.07) is 7.29. The Balaban J connectivity index is 2.80. The fraction of sp³-hybridized carbons (Fsp3) is 0.500. The van der Waals surface area contributed by atoms with Crippen molar-refractivity contribution < 1.29 is 14.6 Å².